The lowest BCUT2D eigenvalue weighted by Crippen LogP contribution is -2.40. The Hall–Kier alpha value is -3.05. The van der Waals surface area contributed by atoms with Gasteiger partial charge < -0.3 is 30.3 Å². The SMILES string of the molecule is CNC(=O)[C@H]1CC[C@@H](NC(=O)CCCO[C@H]2CC[C@H](OCCNC(=O)[C@H]3CC(=O)N(C)[C@@H]3c3cccnc3)CC2)CC1. The van der Waals surface area contributed by atoms with E-state index >= 15 is 0 Å². The third kappa shape index (κ3) is 8.97. The molecule has 3 N–H and O–H groups in total. The molecule has 11 heteroatoms. The number of carbonyl (C=O) groups is 4. The van der Waals surface area contributed by atoms with Crippen molar-refractivity contribution in [2.24, 2.45) is 11.8 Å². The van der Waals surface area contributed by atoms with Gasteiger partial charge in [-0.15, -0.1) is 0 Å². The molecule has 1 saturated heterocycles. The molecule has 0 spiro atoms. The lowest BCUT2D eigenvalue weighted by atomic mass is 9.85. The summed E-state index contributed by atoms with van der Waals surface area (Å²) in [6, 6.07) is 3.58. The van der Waals surface area contributed by atoms with E-state index in [-0.39, 0.29) is 60.3 Å². The molecule has 0 radical (unpaired) electrons. The molecule has 4 amide bonds. The molecule has 2 heterocycles. The highest BCUT2D eigenvalue weighted by atomic mass is 16.5. The van der Waals surface area contributed by atoms with Crippen LogP contribution in [0.5, 0.6) is 0 Å². The van der Waals surface area contributed by atoms with Crippen molar-refractivity contribution in [2.45, 2.75) is 94.9 Å². The third-order valence-corrected chi connectivity index (χ3v) is 8.94. The second-order valence-corrected chi connectivity index (χ2v) is 11.8. The first-order valence-corrected chi connectivity index (χ1v) is 15.5. The summed E-state index contributed by atoms with van der Waals surface area (Å²) in [4.78, 5) is 55.1. The monoisotopic (exact) mass is 585 g/mol. The smallest absolute Gasteiger partial charge is 0.226 e. The molecule has 2 atom stereocenters. The fourth-order valence-corrected chi connectivity index (χ4v) is 6.49. The van der Waals surface area contributed by atoms with Crippen LogP contribution in [0.25, 0.3) is 0 Å². The molecular weight excluding hydrogens is 538 g/mol. The average molecular weight is 586 g/mol. The van der Waals surface area contributed by atoms with E-state index in [0.29, 0.717) is 32.6 Å². The standard InChI is InChI=1S/C31H47N5O6/c1-32-30(39)21-7-9-23(10-8-21)35-27(37)6-4-17-41-24-11-13-25(14-12-24)42-18-16-34-31(40)26-19-28(38)36(2)29(26)22-5-3-15-33-20-22/h3,5,15,20-21,23-26,29H,4,6-14,16-19H2,1-2H3,(H,32,39)(H,34,40)(H,35,37)/t21-,23+,24-,25-,26-,29+/m0/s1. The van der Waals surface area contributed by atoms with E-state index in [1.165, 1.54) is 0 Å². The summed E-state index contributed by atoms with van der Waals surface area (Å²) in [6.45, 7) is 1.40. The molecule has 3 aliphatic rings. The number of amides is 4. The van der Waals surface area contributed by atoms with Crippen LogP contribution in [0, 0.1) is 11.8 Å². The molecule has 2 saturated carbocycles. The van der Waals surface area contributed by atoms with Gasteiger partial charge in [-0.3, -0.25) is 24.2 Å². The second-order valence-electron chi connectivity index (χ2n) is 11.8. The molecule has 4 rings (SSSR count). The maximum atomic E-state index is 12.9. The van der Waals surface area contributed by atoms with Crippen LogP contribution in [-0.4, -0.2) is 85.6 Å². The van der Waals surface area contributed by atoms with E-state index in [4.69, 9.17) is 9.47 Å². The topological polar surface area (TPSA) is 139 Å². The molecule has 232 valence electrons. The van der Waals surface area contributed by atoms with E-state index in [1.807, 2.05) is 12.1 Å². The average Bonchev–Trinajstić information content (AvgIpc) is 3.32. The minimum Gasteiger partial charge on any atom is -0.378 e. The predicted octanol–water partition coefficient (Wildman–Crippen LogP) is 2.26. The number of hydrogen-bond donors (Lipinski definition) is 3. The summed E-state index contributed by atoms with van der Waals surface area (Å²) in [5, 5.41) is 8.78. The van der Waals surface area contributed by atoms with Crippen molar-refractivity contribution in [1.29, 1.82) is 0 Å². The largest absolute Gasteiger partial charge is 0.378 e. The number of pyridine rings is 1. The maximum Gasteiger partial charge on any atom is 0.226 e. The van der Waals surface area contributed by atoms with E-state index in [0.717, 1.165) is 56.9 Å². The van der Waals surface area contributed by atoms with Crippen LogP contribution >= 0.6 is 0 Å². The number of rotatable bonds is 13. The number of hydrogen-bond acceptors (Lipinski definition) is 7. The molecule has 2 aliphatic carbocycles. The van der Waals surface area contributed by atoms with Crippen molar-refractivity contribution in [3.63, 3.8) is 0 Å². The summed E-state index contributed by atoms with van der Waals surface area (Å²) in [5.74, 6) is -0.388. The highest BCUT2D eigenvalue weighted by molar-refractivity contribution is 5.90. The van der Waals surface area contributed by atoms with Crippen molar-refractivity contribution in [1.82, 2.24) is 25.8 Å². The number of likely N-dealkylation sites (tertiary alicyclic amines) is 1. The first-order chi connectivity index (χ1) is 20.4. The molecule has 0 bridgehead atoms. The number of carbonyl (C=O) groups excluding carboxylic acids is 4. The summed E-state index contributed by atoms with van der Waals surface area (Å²) < 4.78 is 12.1. The zero-order chi connectivity index (χ0) is 29.9. The summed E-state index contributed by atoms with van der Waals surface area (Å²) in [6.07, 6.45) is 12.1. The van der Waals surface area contributed by atoms with Crippen molar-refractivity contribution in [3.05, 3.63) is 30.1 Å². The Kier molecular flexibility index (Phi) is 12.1. The van der Waals surface area contributed by atoms with E-state index in [1.54, 1.807) is 31.4 Å². The fourth-order valence-electron chi connectivity index (χ4n) is 6.49. The van der Waals surface area contributed by atoms with Crippen LogP contribution in [0.1, 0.15) is 82.2 Å². The first-order valence-electron chi connectivity index (χ1n) is 15.5. The molecule has 0 aromatic carbocycles. The predicted molar refractivity (Wildman–Crippen MR) is 156 cm³/mol. The molecule has 11 nitrogen and oxygen atoms in total. The van der Waals surface area contributed by atoms with Crippen molar-refractivity contribution < 1.29 is 28.7 Å². The Morgan fingerprint density at radius 3 is 2.31 bits per heavy atom. The molecule has 42 heavy (non-hydrogen) atoms. The minimum atomic E-state index is -0.444. The van der Waals surface area contributed by atoms with Gasteiger partial charge in [-0.2, -0.15) is 0 Å². The zero-order valence-electron chi connectivity index (χ0n) is 25.0. The van der Waals surface area contributed by atoms with Gasteiger partial charge in [-0.05, 0) is 69.4 Å². The lowest BCUT2D eigenvalue weighted by molar-refractivity contribution is -0.128. The van der Waals surface area contributed by atoms with Crippen LogP contribution < -0.4 is 16.0 Å². The Balaban J connectivity index is 1.03. The molecule has 3 fully saturated rings. The Labute approximate surface area is 248 Å². The van der Waals surface area contributed by atoms with Crippen LogP contribution in [0.4, 0.5) is 0 Å². The van der Waals surface area contributed by atoms with Gasteiger partial charge in [0.1, 0.15) is 0 Å². The summed E-state index contributed by atoms with van der Waals surface area (Å²) in [5.41, 5.74) is 0.863. The van der Waals surface area contributed by atoms with Gasteiger partial charge >= 0.3 is 0 Å². The number of aromatic nitrogens is 1. The van der Waals surface area contributed by atoms with Crippen LogP contribution in [-0.2, 0) is 28.7 Å². The number of nitrogens with one attached hydrogen (secondary N) is 3. The van der Waals surface area contributed by atoms with Crippen LogP contribution in [0.15, 0.2) is 24.5 Å². The molecular formula is C31H47N5O6. The number of ether oxygens (including phenoxy) is 2. The maximum absolute atomic E-state index is 12.9. The van der Waals surface area contributed by atoms with Gasteiger partial charge in [0.05, 0.1) is 30.8 Å². The minimum absolute atomic E-state index is 0.0415. The molecule has 1 aromatic rings. The Morgan fingerprint density at radius 1 is 0.976 bits per heavy atom. The second kappa shape index (κ2) is 16.0. The van der Waals surface area contributed by atoms with Gasteiger partial charge in [-0.1, -0.05) is 6.07 Å². The van der Waals surface area contributed by atoms with E-state index < -0.39 is 5.92 Å². The lowest BCUT2D eigenvalue weighted by Gasteiger charge is -2.29. The fraction of sp³-hybridized carbons (Fsp3) is 0.710. The van der Waals surface area contributed by atoms with Crippen LogP contribution in [0.2, 0.25) is 0 Å². The highest BCUT2D eigenvalue weighted by Crippen LogP contribution is 2.36. The number of nitrogens with zero attached hydrogens (tertiary/aromatic N) is 2. The molecule has 0 unspecified atom stereocenters. The first kappa shape index (κ1) is 31.9. The van der Waals surface area contributed by atoms with E-state index in [9.17, 15) is 19.2 Å². The third-order valence-electron chi connectivity index (χ3n) is 8.94. The van der Waals surface area contributed by atoms with Crippen molar-refractivity contribution in [3.8, 4) is 0 Å². The van der Waals surface area contributed by atoms with Crippen molar-refractivity contribution in [2.75, 3.05) is 33.9 Å². The molecule has 1 aliphatic heterocycles. The highest BCUT2D eigenvalue weighted by Gasteiger charge is 2.42. The van der Waals surface area contributed by atoms with Crippen LogP contribution in [0.3, 0.4) is 0 Å². The van der Waals surface area contributed by atoms with Crippen molar-refractivity contribution >= 4 is 23.6 Å². The molecule has 1 aromatic heterocycles. The van der Waals surface area contributed by atoms with E-state index in [2.05, 4.69) is 20.9 Å². The summed E-state index contributed by atoms with van der Waals surface area (Å²) >= 11 is 0. The van der Waals surface area contributed by atoms with Gasteiger partial charge in [-0.25, -0.2) is 0 Å². The van der Waals surface area contributed by atoms with Gasteiger partial charge in [0.15, 0.2) is 0 Å². The van der Waals surface area contributed by atoms with Gasteiger partial charge in [0.2, 0.25) is 23.6 Å². The van der Waals surface area contributed by atoms with Gasteiger partial charge in [0, 0.05) is 64.4 Å². The quantitative estimate of drug-likeness (QED) is 0.302. The van der Waals surface area contributed by atoms with Gasteiger partial charge in [0.25, 0.3) is 0 Å². The zero-order valence-corrected chi connectivity index (χ0v) is 25.0. The normalized spacial score (nSPS) is 27.9. The Morgan fingerprint density at radius 2 is 1.67 bits per heavy atom. The summed E-state index contributed by atoms with van der Waals surface area (Å²) in [7, 11) is 3.40. The Bertz CT molecular complexity index is 1040.